The Morgan fingerprint density at radius 1 is 1.12 bits per heavy atom. The first-order valence-corrected chi connectivity index (χ1v) is 14.6. The molecule has 0 bridgehead atoms. The molecule has 1 saturated heterocycles. The molecule has 42 heavy (non-hydrogen) atoms. The van der Waals surface area contributed by atoms with Crippen molar-refractivity contribution in [2.24, 2.45) is 0 Å². The highest BCUT2D eigenvalue weighted by Gasteiger charge is 2.34. The zero-order chi connectivity index (χ0) is 30.4. The topological polar surface area (TPSA) is 65.0 Å². The van der Waals surface area contributed by atoms with Gasteiger partial charge in [-0.05, 0) is 56.2 Å². The molecule has 4 rings (SSSR count). The lowest BCUT2D eigenvalue weighted by molar-refractivity contribution is -0.137. The van der Waals surface area contributed by atoms with Crippen LogP contribution in [0.3, 0.4) is 0 Å². The van der Waals surface area contributed by atoms with Gasteiger partial charge in [0.25, 0.3) is 5.91 Å². The average molecular weight is 604 g/mol. The number of hydrogen-bond acceptors (Lipinski definition) is 5. The van der Waals surface area contributed by atoms with E-state index in [9.17, 15) is 23.1 Å². The maximum absolute atomic E-state index is 13.4. The van der Waals surface area contributed by atoms with E-state index < -0.39 is 17.8 Å². The molecule has 226 valence electrons. The summed E-state index contributed by atoms with van der Waals surface area (Å²) in [6, 6.07) is 16.9. The van der Waals surface area contributed by atoms with Crippen molar-refractivity contribution in [3.63, 3.8) is 0 Å². The number of halogens is 4. The summed E-state index contributed by atoms with van der Waals surface area (Å²) in [6.45, 7) is 8.34. The highest BCUT2D eigenvalue weighted by atomic mass is 35.5. The van der Waals surface area contributed by atoms with Crippen LogP contribution in [0.15, 0.2) is 60.7 Å². The molecule has 3 aromatic rings. The Morgan fingerprint density at radius 3 is 2.48 bits per heavy atom. The quantitative estimate of drug-likeness (QED) is 0.272. The van der Waals surface area contributed by atoms with E-state index >= 15 is 0 Å². The first-order valence-electron chi connectivity index (χ1n) is 14.2. The predicted octanol–water partition coefficient (Wildman–Crippen LogP) is 6.64. The molecule has 2 N–H and O–H groups in total. The zero-order valence-electron chi connectivity index (χ0n) is 24.0. The van der Waals surface area contributed by atoms with Gasteiger partial charge in [0.15, 0.2) is 0 Å². The number of nitrogens with zero attached hydrogens (tertiary/aromatic N) is 2. The van der Waals surface area contributed by atoms with Gasteiger partial charge in [0.1, 0.15) is 5.75 Å². The minimum absolute atomic E-state index is 0.0523. The monoisotopic (exact) mass is 603 g/mol. The summed E-state index contributed by atoms with van der Waals surface area (Å²) in [6.07, 6.45) is -4.33. The highest BCUT2D eigenvalue weighted by Crippen LogP contribution is 2.41. The van der Waals surface area contributed by atoms with Gasteiger partial charge in [0.05, 0.1) is 28.9 Å². The van der Waals surface area contributed by atoms with Crippen LogP contribution in [-0.4, -0.2) is 60.8 Å². The fourth-order valence-electron chi connectivity index (χ4n) is 5.36. The molecule has 6 nitrogen and oxygen atoms in total. The van der Waals surface area contributed by atoms with Gasteiger partial charge in [-0.15, -0.1) is 0 Å². The summed E-state index contributed by atoms with van der Waals surface area (Å²) in [5, 5.41) is 13.0. The van der Waals surface area contributed by atoms with Crippen molar-refractivity contribution in [2.75, 3.05) is 37.7 Å². The van der Waals surface area contributed by atoms with Gasteiger partial charge >= 0.3 is 6.18 Å². The fourth-order valence-corrected chi connectivity index (χ4v) is 5.62. The number of anilines is 1. The fraction of sp³-hybridized carbons (Fsp3) is 0.406. The second-order valence-corrected chi connectivity index (χ2v) is 10.8. The number of nitrogens with one attached hydrogen (secondary N) is 1. The molecule has 0 aromatic heterocycles. The van der Waals surface area contributed by atoms with E-state index in [1.165, 1.54) is 0 Å². The molecule has 10 heteroatoms. The van der Waals surface area contributed by atoms with E-state index in [1.807, 2.05) is 44.2 Å². The van der Waals surface area contributed by atoms with E-state index in [-0.39, 0.29) is 22.5 Å². The minimum Gasteiger partial charge on any atom is -0.493 e. The van der Waals surface area contributed by atoms with Gasteiger partial charge in [-0.25, -0.2) is 0 Å². The van der Waals surface area contributed by atoms with Crippen molar-refractivity contribution in [1.82, 2.24) is 10.2 Å². The molecule has 0 saturated carbocycles. The molecule has 3 aromatic carbocycles. The van der Waals surface area contributed by atoms with Crippen LogP contribution in [0, 0.1) is 0 Å². The average Bonchev–Trinajstić information content (AvgIpc) is 2.97. The summed E-state index contributed by atoms with van der Waals surface area (Å²) >= 11 is 6.15. The number of amides is 1. The summed E-state index contributed by atoms with van der Waals surface area (Å²) in [5.74, 6) is 0.379. The van der Waals surface area contributed by atoms with Crippen LogP contribution in [0.1, 0.15) is 48.7 Å². The summed E-state index contributed by atoms with van der Waals surface area (Å²) in [4.78, 5) is 17.3. The third-order valence-corrected chi connectivity index (χ3v) is 7.74. The number of ether oxygens (including phenoxy) is 1. The molecule has 0 unspecified atom stereocenters. The number of carbonyl (C=O) groups excluding carboxylic acids is 1. The largest absolute Gasteiger partial charge is 0.493 e. The van der Waals surface area contributed by atoms with E-state index in [0.29, 0.717) is 39.3 Å². The summed E-state index contributed by atoms with van der Waals surface area (Å²) in [7, 11) is 0. The van der Waals surface area contributed by atoms with Crippen molar-refractivity contribution < 1.29 is 27.8 Å². The Morgan fingerprint density at radius 2 is 1.86 bits per heavy atom. The van der Waals surface area contributed by atoms with Crippen LogP contribution in [0.25, 0.3) is 11.1 Å². The molecule has 1 fully saturated rings. The number of aliphatic hydroxyl groups is 1. The SMILES string of the molecule is CCOc1c(-c2ccccc2)ccc(N2CCN(C(=O)c3ccc(C(F)(F)F)cc3Cl)C[C@H]2CC)c1CNC[C@H](C)O. The molecular weight excluding hydrogens is 567 g/mol. The maximum atomic E-state index is 13.4. The third kappa shape index (κ3) is 7.19. The molecule has 1 aliphatic heterocycles. The lowest BCUT2D eigenvalue weighted by Gasteiger charge is -2.43. The number of benzene rings is 3. The lowest BCUT2D eigenvalue weighted by atomic mass is 9.97. The molecule has 0 radical (unpaired) electrons. The van der Waals surface area contributed by atoms with Crippen LogP contribution in [-0.2, 0) is 12.7 Å². The normalized spacial score (nSPS) is 16.4. The zero-order valence-corrected chi connectivity index (χ0v) is 24.8. The molecule has 1 heterocycles. The van der Waals surface area contributed by atoms with E-state index in [1.54, 1.807) is 11.8 Å². The van der Waals surface area contributed by atoms with Crippen LogP contribution < -0.4 is 15.0 Å². The molecule has 0 spiro atoms. The van der Waals surface area contributed by atoms with Crippen molar-refractivity contribution in [2.45, 2.75) is 52.1 Å². The van der Waals surface area contributed by atoms with E-state index in [2.05, 4.69) is 22.3 Å². The Kier molecular flexibility index (Phi) is 10.4. The molecule has 0 aliphatic carbocycles. The Hall–Kier alpha value is -3.27. The van der Waals surface area contributed by atoms with Crippen molar-refractivity contribution in [3.05, 3.63) is 82.4 Å². The molecule has 1 aliphatic rings. The number of hydrogen-bond donors (Lipinski definition) is 2. The molecular formula is C32H37ClF3N3O3. The van der Waals surface area contributed by atoms with Crippen molar-refractivity contribution in [3.8, 4) is 16.9 Å². The Balaban J connectivity index is 1.66. The van der Waals surface area contributed by atoms with E-state index in [4.69, 9.17) is 16.3 Å². The van der Waals surface area contributed by atoms with Crippen LogP contribution in [0.2, 0.25) is 5.02 Å². The van der Waals surface area contributed by atoms with Gasteiger partial charge in [0.2, 0.25) is 0 Å². The first-order chi connectivity index (χ1) is 20.0. The summed E-state index contributed by atoms with van der Waals surface area (Å²) < 4.78 is 45.6. The smallest absolute Gasteiger partial charge is 0.416 e. The number of carbonyl (C=O) groups is 1. The number of alkyl halides is 3. The predicted molar refractivity (Wildman–Crippen MR) is 160 cm³/mol. The number of piperazine rings is 1. The van der Waals surface area contributed by atoms with Crippen molar-refractivity contribution >= 4 is 23.2 Å². The lowest BCUT2D eigenvalue weighted by Crippen LogP contribution is -2.55. The van der Waals surface area contributed by atoms with Gasteiger partial charge in [0, 0.05) is 55.6 Å². The highest BCUT2D eigenvalue weighted by molar-refractivity contribution is 6.33. The number of aliphatic hydroxyl groups excluding tert-OH is 1. The first kappa shape index (κ1) is 31.7. The Labute approximate surface area is 250 Å². The van der Waals surface area contributed by atoms with Gasteiger partial charge in [-0.1, -0.05) is 48.9 Å². The third-order valence-electron chi connectivity index (χ3n) is 7.43. The van der Waals surface area contributed by atoms with Crippen LogP contribution in [0.5, 0.6) is 5.75 Å². The molecule has 2 atom stereocenters. The van der Waals surface area contributed by atoms with E-state index in [0.717, 1.165) is 52.7 Å². The van der Waals surface area contributed by atoms with Gasteiger partial charge in [-0.3, -0.25) is 4.79 Å². The van der Waals surface area contributed by atoms with Gasteiger partial charge < -0.3 is 25.0 Å². The second-order valence-electron chi connectivity index (χ2n) is 10.4. The minimum atomic E-state index is -4.54. The Bertz CT molecular complexity index is 1370. The van der Waals surface area contributed by atoms with Crippen molar-refractivity contribution in [1.29, 1.82) is 0 Å². The summed E-state index contributed by atoms with van der Waals surface area (Å²) in [5.41, 5.74) is 3.10. The second kappa shape index (κ2) is 13.8. The van der Waals surface area contributed by atoms with Gasteiger partial charge in [-0.2, -0.15) is 13.2 Å². The molecule has 1 amide bonds. The standard InChI is InChI=1S/C32H37ClF3N3O3/c1-4-24-20-38(31(41)26-12-11-23(17-28(26)33)32(34,35)36)15-16-39(24)29-14-13-25(22-9-7-6-8-10-22)30(42-5-2)27(29)19-37-18-21(3)40/h6-14,17,21,24,37,40H,4-5,15-16,18-20H2,1-3H3/t21-,24+/m0/s1. The number of rotatable bonds is 10. The van der Waals surface area contributed by atoms with Crippen LogP contribution in [0.4, 0.5) is 18.9 Å². The maximum Gasteiger partial charge on any atom is 0.416 e. The van der Waals surface area contributed by atoms with Crippen LogP contribution >= 0.6 is 11.6 Å².